The maximum absolute atomic E-state index is 9.75. The molecular formula is C9H11Cl2NO. The van der Waals surface area contributed by atoms with E-state index in [2.05, 4.69) is 4.98 Å². The highest BCUT2D eigenvalue weighted by atomic mass is 35.5. The molecule has 0 aromatic carbocycles. The number of aliphatic hydroxyl groups excluding tert-OH is 1. The minimum atomic E-state index is -0.659. The van der Waals surface area contributed by atoms with Crippen molar-refractivity contribution in [3.8, 4) is 0 Å². The van der Waals surface area contributed by atoms with E-state index >= 15 is 0 Å². The zero-order valence-electron chi connectivity index (χ0n) is 7.46. The van der Waals surface area contributed by atoms with Gasteiger partial charge in [-0.3, -0.25) is 0 Å². The van der Waals surface area contributed by atoms with Crippen LogP contribution in [-0.2, 0) is 0 Å². The van der Waals surface area contributed by atoms with E-state index in [-0.39, 0.29) is 11.1 Å². The molecule has 0 saturated heterocycles. The highest BCUT2D eigenvalue weighted by molar-refractivity contribution is 6.35. The SMILES string of the molecule is CC(C)[C@H](O)c1c(Cl)ccnc1Cl. The van der Waals surface area contributed by atoms with E-state index in [9.17, 15) is 5.11 Å². The van der Waals surface area contributed by atoms with Gasteiger partial charge in [0.05, 0.1) is 11.1 Å². The Bertz CT molecular complexity index is 281. The van der Waals surface area contributed by atoms with Gasteiger partial charge in [0.25, 0.3) is 0 Å². The highest BCUT2D eigenvalue weighted by Crippen LogP contribution is 2.32. The van der Waals surface area contributed by atoms with Crippen LogP contribution in [0.4, 0.5) is 0 Å². The van der Waals surface area contributed by atoms with E-state index in [1.807, 2.05) is 13.8 Å². The summed E-state index contributed by atoms with van der Waals surface area (Å²) < 4.78 is 0. The van der Waals surface area contributed by atoms with Crippen LogP contribution in [0.3, 0.4) is 0 Å². The Labute approximate surface area is 87.5 Å². The molecule has 0 aliphatic carbocycles. The van der Waals surface area contributed by atoms with Crippen LogP contribution in [0.5, 0.6) is 0 Å². The van der Waals surface area contributed by atoms with Gasteiger partial charge in [0.2, 0.25) is 0 Å². The third-order valence-corrected chi connectivity index (χ3v) is 2.45. The lowest BCUT2D eigenvalue weighted by atomic mass is 10.0. The molecule has 0 bridgehead atoms. The molecule has 13 heavy (non-hydrogen) atoms. The summed E-state index contributed by atoms with van der Waals surface area (Å²) in [5.74, 6) is 0.0687. The van der Waals surface area contributed by atoms with Crippen molar-refractivity contribution in [3.05, 3.63) is 28.0 Å². The smallest absolute Gasteiger partial charge is 0.136 e. The van der Waals surface area contributed by atoms with Gasteiger partial charge in [-0.2, -0.15) is 0 Å². The van der Waals surface area contributed by atoms with Crippen LogP contribution in [0.15, 0.2) is 12.3 Å². The number of nitrogens with zero attached hydrogens (tertiary/aromatic N) is 1. The first-order chi connectivity index (χ1) is 6.04. The lowest BCUT2D eigenvalue weighted by Gasteiger charge is -2.16. The molecular weight excluding hydrogens is 209 g/mol. The summed E-state index contributed by atoms with van der Waals surface area (Å²) in [4.78, 5) is 3.86. The molecule has 1 aromatic rings. The Kier molecular flexibility index (Phi) is 3.54. The average molecular weight is 220 g/mol. The fourth-order valence-corrected chi connectivity index (χ4v) is 1.60. The molecule has 0 saturated carbocycles. The molecule has 2 nitrogen and oxygen atoms in total. The molecule has 72 valence electrons. The molecule has 1 atom stereocenters. The fourth-order valence-electron chi connectivity index (χ4n) is 1.02. The Morgan fingerprint density at radius 1 is 1.38 bits per heavy atom. The second kappa shape index (κ2) is 4.27. The second-order valence-electron chi connectivity index (χ2n) is 3.19. The van der Waals surface area contributed by atoms with Gasteiger partial charge >= 0.3 is 0 Å². The summed E-state index contributed by atoms with van der Waals surface area (Å²) in [5, 5.41) is 10.5. The van der Waals surface area contributed by atoms with Crippen LogP contribution < -0.4 is 0 Å². The van der Waals surface area contributed by atoms with Crippen LogP contribution >= 0.6 is 23.2 Å². The Balaban J connectivity index is 3.12. The summed E-state index contributed by atoms with van der Waals surface area (Å²) in [7, 11) is 0. The topological polar surface area (TPSA) is 33.1 Å². The van der Waals surface area contributed by atoms with Crippen molar-refractivity contribution in [2.24, 2.45) is 5.92 Å². The van der Waals surface area contributed by atoms with Crippen molar-refractivity contribution in [1.29, 1.82) is 0 Å². The largest absolute Gasteiger partial charge is 0.388 e. The third kappa shape index (κ3) is 2.33. The Hall–Kier alpha value is -0.310. The number of hydrogen-bond donors (Lipinski definition) is 1. The Morgan fingerprint density at radius 2 is 2.00 bits per heavy atom. The number of rotatable bonds is 2. The van der Waals surface area contributed by atoms with Crippen molar-refractivity contribution in [2.75, 3.05) is 0 Å². The predicted octanol–water partition coefficient (Wildman–Crippen LogP) is 3.08. The van der Waals surface area contributed by atoms with Crippen molar-refractivity contribution < 1.29 is 5.11 Å². The van der Waals surface area contributed by atoms with Crippen molar-refractivity contribution in [2.45, 2.75) is 20.0 Å². The molecule has 4 heteroatoms. The minimum Gasteiger partial charge on any atom is -0.388 e. The van der Waals surface area contributed by atoms with E-state index in [0.717, 1.165) is 0 Å². The summed E-state index contributed by atoms with van der Waals surface area (Å²) in [6, 6.07) is 1.62. The molecule has 1 heterocycles. The van der Waals surface area contributed by atoms with Crippen LogP contribution in [0.2, 0.25) is 10.2 Å². The van der Waals surface area contributed by atoms with Crippen LogP contribution in [0.25, 0.3) is 0 Å². The molecule has 0 spiro atoms. The van der Waals surface area contributed by atoms with Crippen LogP contribution in [0, 0.1) is 5.92 Å². The zero-order valence-corrected chi connectivity index (χ0v) is 8.97. The first kappa shape index (κ1) is 10.8. The number of pyridine rings is 1. The van der Waals surface area contributed by atoms with Gasteiger partial charge in [-0.05, 0) is 12.0 Å². The predicted molar refractivity (Wildman–Crippen MR) is 54.1 cm³/mol. The number of aromatic nitrogens is 1. The average Bonchev–Trinajstić information content (AvgIpc) is 2.03. The van der Waals surface area contributed by atoms with Crippen molar-refractivity contribution in [1.82, 2.24) is 4.98 Å². The van der Waals surface area contributed by atoms with Crippen LogP contribution in [-0.4, -0.2) is 10.1 Å². The second-order valence-corrected chi connectivity index (χ2v) is 3.95. The van der Waals surface area contributed by atoms with Gasteiger partial charge in [0.15, 0.2) is 0 Å². The molecule has 1 rings (SSSR count). The lowest BCUT2D eigenvalue weighted by molar-refractivity contribution is 0.127. The van der Waals surface area contributed by atoms with E-state index in [0.29, 0.717) is 10.6 Å². The summed E-state index contributed by atoms with van der Waals surface area (Å²) in [6.07, 6.45) is 0.856. The number of hydrogen-bond acceptors (Lipinski definition) is 2. The Morgan fingerprint density at radius 3 is 2.46 bits per heavy atom. The lowest BCUT2D eigenvalue weighted by Crippen LogP contribution is -2.07. The van der Waals surface area contributed by atoms with Gasteiger partial charge in [-0.15, -0.1) is 0 Å². The summed E-state index contributed by atoms with van der Waals surface area (Å²) in [5.41, 5.74) is 0.515. The van der Waals surface area contributed by atoms with E-state index in [1.165, 1.54) is 6.20 Å². The molecule has 0 radical (unpaired) electrons. The number of aliphatic hydroxyl groups is 1. The van der Waals surface area contributed by atoms with E-state index < -0.39 is 6.10 Å². The maximum atomic E-state index is 9.75. The minimum absolute atomic E-state index is 0.0687. The van der Waals surface area contributed by atoms with Gasteiger partial charge in [-0.25, -0.2) is 4.98 Å². The fraction of sp³-hybridized carbons (Fsp3) is 0.444. The van der Waals surface area contributed by atoms with Gasteiger partial charge in [0, 0.05) is 11.8 Å². The monoisotopic (exact) mass is 219 g/mol. The third-order valence-electron chi connectivity index (χ3n) is 1.82. The van der Waals surface area contributed by atoms with Crippen molar-refractivity contribution >= 4 is 23.2 Å². The standard InChI is InChI=1S/C9H11Cl2NO/c1-5(2)8(13)7-6(10)3-4-12-9(7)11/h3-5,8,13H,1-2H3/t8-/m0/s1. The van der Waals surface area contributed by atoms with Gasteiger partial charge in [0.1, 0.15) is 5.15 Å². The van der Waals surface area contributed by atoms with E-state index in [4.69, 9.17) is 23.2 Å². The molecule has 0 fully saturated rings. The molecule has 1 aromatic heterocycles. The molecule has 0 unspecified atom stereocenters. The normalized spacial score (nSPS) is 13.4. The molecule has 1 N–H and O–H groups in total. The number of halogens is 2. The van der Waals surface area contributed by atoms with E-state index in [1.54, 1.807) is 6.07 Å². The van der Waals surface area contributed by atoms with Gasteiger partial charge < -0.3 is 5.11 Å². The first-order valence-corrected chi connectivity index (χ1v) is 4.77. The summed E-state index contributed by atoms with van der Waals surface area (Å²) >= 11 is 11.7. The maximum Gasteiger partial charge on any atom is 0.136 e. The van der Waals surface area contributed by atoms with Gasteiger partial charge in [-0.1, -0.05) is 37.0 Å². The zero-order chi connectivity index (χ0) is 10.0. The van der Waals surface area contributed by atoms with Crippen LogP contribution in [0.1, 0.15) is 25.5 Å². The molecule has 0 aliphatic rings. The molecule has 0 amide bonds. The first-order valence-electron chi connectivity index (χ1n) is 4.02. The summed E-state index contributed by atoms with van der Waals surface area (Å²) in [6.45, 7) is 3.79. The highest BCUT2D eigenvalue weighted by Gasteiger charge is 2.19. The molecule has 0 aliphatic heterocycles. The quantitative estimate of drug-likeness (QED) is 0.777. The van der Waals surface area contributed by atoms with Crippen molar-refractivity contribution in [3.63, 3.8) is 0 Å².